The van der Waals surface area contributed by atoms with Crippen LogP contribution in [0.2, 0.25) is 0 Å². The number of hydrogen-bond donors (Lipinski definition) is 2. The highest BCUT2D eigenvalue weighted by Gasteiger charge is 2.26. The van der Waals surface area contributed by atoms with Crippen LogP contribution in [0.15, 0.2) is 41.6 Å². The Balaban J connectivity index is 2.42. The Morgan fingerprint density at radius 2 is 1.65 bits per heavy atom. The lowest BCUT2D eigenvalue weighted by Gasteiger charge is -2.18. The van der Waals surface area contributed by atoms with E-state index in [1.165, 1.54) is 0 Å². The molecular weight excluding hydrogens is 216 g/mol. The number of nitrogens with one attached hydrogen (secondary N) is 2. The SMILES string of the molecule is CC1=C(C)C(c2ccccc2)NC(=O)C(=O)N1. The van der Waals surface area contributed by atoms with E-state index in [0.717, 1.165) is 16.8 Å². The monoisotopic (exact) mass is 230 g/mol. The third-order valence-corrected chi connectivity index (χ3v) is 2.94. The van der Waals surface area contributed by atoms with Crippen molar-refractivity contribution in [3.8, 4) is 0 Å². The molecule has 0 saturated carbocycles. The number of carbonyl (C=O) groups is 2. The second-order valence-electron chi connectivity index (χ2n) is 4.08. The summed E-state index contributed by atoms with van der Waals surface area (Å²) in [7, 11) is 0. The third-order valence-electron chi connectivity index (χ3n) is 2.94. The van der Waals surface area contributed by atoms with Gasteiger partial charge in [-0.05, 0) is 25.0 Å². The maximum absolute atomic E-state index is 11.5. The van der Waals surface area contributed by atoms with Gasteiger partial charge in [0.2, 0.25) is 0 Å². The number of allylic oxidation sites excluding steroid dienone is 1. The zero-order valence-corrected chi connectivity index (χ0v) is 9.78. The third kappa shape index (κ3) is 2.20. The lowest BCUT2D eigenvalue weighted by Crippen LogP contribution is -2.37. The van der Waals surface area contributed by atoms with Crippen LogP contribution >= 0.6 is 0 Å². The molecular formula is C13H14N2O2. The molecule has 0 bridgehead atoms. The summed E-state index contributed by atoms with van der Waals surface area (Å²) in [6.45, 7) is 3.70. The van der Waals surface area contributed by atoms with Crippen molar-refractivity contribution < 1.29 is 9.59 Å². The predicted octanol–water partition coefficient (Wildman–Crippen LogP) is 1.27. The van der Waals surface area contributed by atoms with Crippen molar-refractivity contribution in [3.63, 3.8) is 0 Å². The Bertz CT molecular complexity index is 491. The van der Waals surface area contributed by atoms with E-state index in [0.29, 0.717) is 0 Å². The summed E-state index contributed by atoms with van der Waals surface area (Å²) in [5.74, 6) is -1.21. The largest absolute Gasteiger partial charge is 0.337 e. The standard InChI is InChI=1S/C13H14N2O2/c1-8-9(2)14-12(16)13(17)15-11(8)10-6-4-3-5-7-10/h3-7,11H,1-2H3,(H,14,16)(H,15,17). The van der Waals surface area contributed by atoms with Gasteiger partial charge in [0.05, 0.1) is 6.04 Å². The zero-order valence-electron chi connectivity index (χ0n) is 9.78. The van der Waals surface area contributed by atoms with Gasteiger partial charge >= 0.3 is 11.8 Å². The first-order valence-electron chi connectivity index (χ1n) is 5.43. The lowest BCUT2D eigenvalue weighted by molar-refractivity contribution is -0.138. The van der Waals surface area contributed by atoms with Crippen LogP contribution in [0.25, 0.3) is 0 Å². The van der Waals surface area contributed by atoms with Crippen molar-refractivity contribution in [2.75, 3.05) is 0 Å². The molecule has 0 aliphatic carbocycles. The van der Waals surface area contributed by atoms with E-state index < -0.39 is 11.8 Å². The van der Waals surface area contributed by atoms with Gasteiger partial charge in [-0.2, -0.15) is 0 Å². The van der Waals surface area contributed by atoms with Gasteiger partial charge in [0.25, 0.3) is 0 Å². The molecule has 1 aliphatic heterocycles. The summed E-state index contributed by atoms with van der Waals surface area (Å²) in [4.78, 5) is 22.9. The van der Waals surface area contributed by atoms with Crippen molar-refractivity contribution in [3.05, 3.63) is 47.2 Å². The Hall–Kier alpha value is -2.10. The molecule has 4 heteroatoms. The number of benzene rings is 1. The van der Waals surface area contributed by atoms with Crippen LogP contribution in [-0.2, 0) is 9.59 Å². The smallest absolute Gasteiger partial charge is 0.313 e. The quantitative estimate of drug-likeness (QED) is 0.714. The van der Waals surface area contributed by atoms with Gasteiger partial charge < -0.3 is 10.6 Å². The van der Waals surface area contributed by atoms with Crippen LogP contribution in [0.1, 0.15) is 25.5 Å². The lowest BCUT2D eigenvalue weighted by atomic mass is 9.99. The van der Waals surface area contributed by atoms with E-state index in [1.54, 1.807) is 6.92 Å². The first-order valence-corrected chi connectivity index (χ1v) is 5.43. The highest BCUT2D eigenvalue weighted by Crippen LogP contribution is 2.24. The molecule has 17 heavy (non-hydrogen) atoms. The van der Waals surface area contributed by atoms with Crippen LogP contribution in [0.4, 0.5) is 0 Å². The number of rotatable bonds is 1. The van der Waals surface area contributed by atoms with E-state index in [9.17, 15) is 9.59 Å². The van der Waals surface area contributed by atoms with Crippen LogP contribution in [0.3, 0.4) is 0 Å². The van der Waals surface area contributed by atoms with Crippen molar-refractivity contribution >= 4 is 11.8 Å². The van der Waals surface area contributed by atoms with E-state index in [2.05, 4.69) is 10.6 Å². The summed E-state index contributed by atoms with van der Waals surface area (Å²) < 4.78 is 0. The molecule has 0 aromatic heterocycles. The number of amides is 2. The summed E-state index contributed by atoms with van der Waals surface area (Å²) in [6.07, 6.45) is 0. The number of hydrogen-bond acceptors (Lipinski definition) is 2. The molecule has 2 amide bonds. The predicted molar refractivity (Wildman–Crippen MR) is 63.8 cm³/mol. The van der Waals surface area contributed by atoms with Crippen LogP contribution in [-0.4, -0.2) is 11.8 Å². The Morgan fingerprint density at radius 3 is 2.29 bits per heavy atom. The first-order chi connectivity index (χ1) is 8.09. The van der Waals surface area contributed by atoms with Gasteiger partial charge in [0, 0.05) is 5.70 Å². The molecule has 4 nitrogen and oxygen atoms in total. The molecule has 0 spiro atoms. The Kier molecular flexibility index (Phi) is 2.95. The summed E-state index contributed by atoms with van der Waals surface area (Å²) in [5.41, 5.74) is 2.63. The maximum Gasteiger partial charge on any atom is 0.313 e. The summed E-state index contributed by atoms with van der Waals surface area (Å²) in [6, 6.07) is 9.34. The minimum absolute atomic E-state index is 0.248. The fourth-order valence-electron chi connectivity index (χ4n) is 1.83. The highest BCUT2D eigenvalue weighted by molar-refractivity contribution is 6.35. The second-order valence-corrected chi connectivity index (χ2v) is 4.08. The van der Waals surface area contributed by atoms with E-state index in [1.807, 2.05) is 37.3 Å². The van der Waals surface area contributed by atoms with Crippen LogP contribution in [0.5, 0.6) is 0 Å². The van der Waals surface area contributed by atoms with Gasteiger partial charge in [-0.3, -0.25) is 9.59 Å². The molecule has 1 unspecified atom stereocenters. The molecule has 2 N–H and O–H groups in total. The molecule has 0 saturated heterocycles. The molecule has 0 fully saturated rings. The fraction of sp³-hybridized carbons (Fsp3) is 0.231. The normalized spacial score (nSPS) is 20.7. The van der Waals surface area contributed by atoms with E-state index in [4.69, 9.17) is 0 Å². The van der Waals surface area contributed by atoms with Crippen molar-refractivity contribution in [2.24, 2.45) is 0 Å². The first kappa shape index (κ1) is 11.4. The molecule has 1 aromatic carbocycles. The molecule has 1 heterocycles. The van der Waals surface area contributed by atoms with Crippen molar-refractivity contribution in [1.82, 2.24) is 10.6 Å². The van der Waals surface area contributed by atoms with Gasteiger partial charge in [-0.15, -0.1) is 0 Å². The Labute approximate surface area is 99.7 Å². The molecule has 0 radical (unpaired) electrons. The molecule has 1 aliphatic rings. The second kappa shape index (κ2) is 4.41. The number of carbonyl (C=O) groups excluding carboxylic acids is 2. The van der Waals surface area contributed by atoms with E-state index >= 15 is 0 Å². The van der Waals surface area contributed by atoms with Crippen molar-refractivity contribution in [1.29, 1.82) is 0 Å². The summed E-state index contributed by atoms with van der Waals surface area (Å²) >= 11 is 0. The minimum atomic E-state index is -0.611. The molecule has 2 rings (SSSR count). The topological polar surface area (TPSA) is 58.2 Å². The maximum atomic E-state index is 11.5. The fourth-order valence-corrected chi connectivity index (χ4v) is 1.83. The van der Waals surface area contributed by atoms with Crippen molar-refractivity contribution in [2.45, 2.75) is 19.9 Å². The molecule has 1 aromatic rings. The zero-order chi connectivity index (χ0) is 12.4. The van der Waals surface area contributed by atoms with Gasteiger partial charge in [0.15, 0.2) is 0 Å². The molecule has 88 valence electrons. The van der Waals surface area contributed by atoms with Crippen LogP contribution in [0, 0.1) is 0 Å². The van der Waals surface area contributed by atoms with Gasteiger partial charge in [-0.25, -0.2) is 0 Å². The van der Waals surface area contributed by atoms with Crippen LogP contribution < -0.4 is 10.6 Å². The highest BCUT2D eigenvalue weighted by atomic mass is 16.2. The molecule has 1 atom stereocenters. The van der Waals surface area contributed by atoms with Gasteiger partial charge in [0.1, 0.15) is 0 Å². The van der Waals surface area contributed by atoms with Gasteiger partial charge in [-0.1, -0.05) is 30.3 Å². The average Bonchev–Trinajstić information content (AvgIpc) is 2.43. The minimum Gasteiger partial charge on any atom is -0.337 e. The summed E-state index contributed by atoms with van der Waals surface area (Å²) in [5, 5.41) is 5.29. The van der Waals surface area contributed by atoms with E-state index in [-0.39, 0.29) is 6.04 Å². The Morgan fingerprint density at radius 1 is 1.00 bits per heavy atom. The average molecular weight is 230 g/mol.